The predicted molar refractivity (Wildman–Crippen MR) is 78.0 cm³/mol. The third-order valence-electron chi connectivity index (χ3n) is 4.28. The van der Waals surface area contributed by atoms with Crippen LogP contribution in [0.5, 0.6) is 0 Å². The van der Waals surface area contributed by atoms with E-state index in [0.717, 1.165) is 0 Å². The maximum atomic E-state index is 13.4. The number of aliphatic hydroxyl groups excluding tert-OH is 2. The molecule has 7 nitrogen and oxygen atoms in total. The molecule has 2 unspecified atom stereocenters. The summed E-state index contributed by atoms with van der Waals surface area (Å²) in [6.07, 6.45) is 1.45. The van der Waals surface area contributed by atoms with Crippen molar-refractivity contribution in [3.8, 4) is 0 Å². The fourth-order valence-corrected chi connectivity index (χ4v) is 4.26. The maximum absolute atomic E-state index is 13.4. The predicted octanol–water partition coefficient (Wildman–Crippen LogP) is 1.18. The summed E-state index contributed by atoms with van der Waals surface area (Å²) in [6.45, 7) is 4.85. The largest absolute Gasteiger partial charge is 0.691 e. The molecule has 0 saturated heterocycles. The van der Waals surface area contributed by atoms with Gasteiger partial charge in [-0.05, 0) is 30.1 Å². The monoisotopic (exact) mass is 373 g/mol. The number of halogens is 2. The molecule has 24 heavy (non-hydrogen) atoms. The molecule has 2 N–H and O–H groups in total. The SMILES string of the molecule is CC1(CO)CC(C)(CO)CC(C)(COC(=O)C(F)(F)SOO[O-])C1. The average Bonchev–Trinajstić information content (AvgIpc) is 2.49. The van der Waals surface area contributed by atoms with Gasteiger partial charge in [0.05, 0.1) is 6.61 Å². The summed E-state index contributed by atoms with van der Waals surface area (Å²) >= 11 is -0.742. The van der Waals surface area contributed by atoms with Gasteiger partial charge in [-0.15, -0.1) is 0 Å². The highest BCUT2D eigenvalue weighted by Crippen LogP contribution is 2.54. The van der Waals surface area contributed by atoms with E-state index >= 15 is 0 Å². The molecule has 10 heteroatoms. The Kier molecular flexibility index (Phi) is 6.99. The zero-order valence-corrected chi connectivity index (χ0v) is 14.7. The van der Waals surface area contributed by atoms with Crippen molar-refractivity contribution in [3.05, 3.63) is 0 Å². The van der Waals surface area contributed by atoms with Crippen LogP contribution in [-0.4, -0.2) is 41.3 Å². The first-order valence-electron chi connectivity index (χ1n) is 7.34. The molecular weight excluding hydrogens is 350 g/mol. The number of esters is 1. The van der Waals surface area contributed by atoms with Crippen molar-refractivity contribution in [2.45, 2.75) is 45.3 Å². The lowest BCUT2D eigenvalue weighted by Gasteiger charge is -2.51. The number of rotatable bonds is 8. The number of ether oxygens (including phenoxy) is 1. The van der Waals surface area contributed by atoms with Crippen LogP contribution in [0.2, 0.25) is 0 Å². The number of hydrogen-bond donors (Lipinski definition) is 2. The molecule has 0 aromatic carbocycles. The summed E-state index contributed by atoms with van der Waals surface area (Å²) in [5.74, 6) is -1.85. The van der Waals surface area contributed by atoms with E-state index in [1.807, 2.05) is 13.8 Å². The van der Waals surface area contributed by atoms with E-state index in [0.29, 0.717) is 19.3 Å². The summed E-state index contributed by atoms with van der Waals surface area (Å²) in [4.78, 5) is 11.5. The smallest absolute Gasteiger partial charge is 0.415 e. The Hall–Kier alpha value is -0.520. The summed E-state index contributed by atoms with van der Waals surface area (Å²) in [5, 5.41) is 27.6. The number of hydrogen-bond acceptors (Lipinski definition) is 8. The van der Waals surface area contributed by atoms with Crippen LogP contribution in [-0.2, 0) is 18.9 Å². The van der Waals surface area contributed by atoms with Gasteiger partial charge in [0.15, 0.2) is 0 Å². The highest BCUT2D eigenvalue weighted by Gasteiger charge is 2.50. The second kappa shape index (κ2) is 7.79. The van der Waals surface area contributed by atoms with E-state index in [1.54, 1.807) is 6.92 Å². The summed E-state index contributed by atoms with van der Waals surface area (Å²) in [6, 6.07) is 0. The zero-order valence-electron chi connectivity index (χ0n) is 13.8. The molecule has 1 aliphatic carbocycles. The number of carbonyl (C=O) groups is 1. The molecule has 1 rings (SSSR count). The van der Waals surface area contributed by atoms with E-state index in [1.165, 1.54) is 0 Å². The highest BCUT2D eigenvalue weighted by molar-refractivity contribution is 7.96. The Bertz CT molecular complexity index is 433. The Morgan fingerprint density at radius 3 is 2.00 bits per heavy atom. The van der Waals surface area contributed by atoms with E-state index < -0.39 is 39.5 Å². The third-order valence-corrected chi connectivity index (χ3v) is 4.78. The molecule has 0 spiro atoms. The normalized spacial score (nSPS) is 34.2. The molecular formula is C14H23F2O7S-. The third kappa shape index (κ3) is 5.50. The topological polar surface area (TPSA) is 108 Å². The van der Waals surface area contributed by atoms with E-state index in [2.05, 4.69) is 9.37 Å². The molecule has 0 bridgehead atoms. The van der Waals surface area contributed by atoms with Gasteiger partial charge in [0, 0.05) is 18.6 Å². The number of aliphatic hydroxyl groups is 2. The Morgan fingerprint density at radius 2 is 1.58 bits per heavy atom. The van der Waals surface area contributed by atoms with Crippen LogP contribution in [0.15, 0.2) is 0 Å². The molecule has 1 aliphatic rings. The molecule has 0 aromatic heterocycles. The van der Waals surface area contributed by atoms with Gasteiger partial charge in [-0.2, -0.15) is 13.1 Å². The minimum Gasteiger partial charge on any atom is -0.691 e. The second-order valence-corrected chi connectivity index (χ2v) is 8.41. The molecule has 1 fully saturated rings. The Morgan fingerprint density at radius 1 is 1.12 bits per heavy atom. The second-order valence-electron chi connectivity index (χ2n) is 7.59. The lowest BCUT2D eigenvalue weighted by Crippen LogP contribution is -2.48. The van der Waals surface area contributed by atoms with Crippen LogP contribution >= 0.6 is 12.0 Å². The molecule has 2 atom stereocenters. The minimum absolute atomic E-state index is 0.132. The first kappa shape index (κ1) is 21.5. The summed E-state index contributed by atoms with van der Waals surface area (Å²) in [5.41, 5.74) is -1.74. The summed E-state index contributed by atoms with van der Waals surface area (Å²) < 4.78 is 35.0. The molecule has 0 aromatic rings. The first-order valence-corrected chi connectivity index (χ1v) is 8.09. The quantitative estimate of drug-likeness (QED) is 0.283. The van der Waals surface area contributed by atoms with Crippen LogP contribution < -0.4 is 5.26 Å². The van der Waals surface area contributed by atoms with E-state index in [4.69, 9.17) is 4.74 Å². The van der Waals surface area contributed by atoms with E-state index in [9.17, 15) is 29.0 Å². The highest BCUT2D eigenvalue weighted by atomic mass is 32.2. The van der Waals surface area contributed by atoms with Gasteiger partial charge >= 0.3 is 11.2 Å². The summed E-state index contributed by atoms with van der Waals surface area (Å²) in [7, 11) is 0. The zero-order chi connectivity index (χ0) is 18.6. The lowest BCUT2D eigenvalue weighted by molar-refractivity contribution is -0.777. The number of carbonyl (C=O) groups excluding carboxylic acids is 1. The van der Waals surface area contributed by atoms with Crippen molar-refractivity contribution < 1.29 is 43.2 Å². The fraction of sp³-hybridized carbons (Fsp3) is 0.929. The van der Waals surface area contributed by atoms with Gasteiger partial charge in [-0.1, -0.05) is 20.8 Å². The average molecular weight is 373 g/mol. The molecule has 0 heterocycles. The molecule has 0 amide bonds. The minimum atomic E-state index is -4.09. The first-order chi connectivity index (χ1) is 10.9. The van der Waals surface area contributed by atoms with Crippen molar-refractivity contribution >= 4 is 18.0 Å². The number of alkyl halides is 2. The Labute approximate surface area is 143 Å². The fourth-order valence-electron chi connectivity index (χ4n) is 4.02. The van der Waals surface area contributed by atoms with Crippen molar-refractivity contribution in [1.82, 2.24) is 0 Å². The van der Waals surface area contributed by atoms with Crippen molar-refractivity contribution in [2.24, 2.45) is 16.2 Å². The van der Waals surface area contributed by atoms with Crippen molar-refractivity contribution in [2.75, 3.05) is 19.8 Å². The van der Waals surface area contributed by atoms with Crippen LogP contribution in [0, 0.1) is 16.2 Å². The molecule has 0 aliphatic heterocycles. The van der Waals surface area contributed by atoms with Crippen LogP contribution in [0.1, 0.15) is 40.0 Å². The van der Waals surface area contributed by atoms with Gasteiger partial charge in [-0.3, -0.25) is 5.04 Å². The van der Waals surface area contributed by atoms with Gasteiger partial charge in [0.25, 0.3) is 0 Å². The van der Waals surface area contributed by atoms with Gasteiger partial charge in [0.1, 0.15) is 12.0 Å². The molecule has 1 saturated carbocycles. The standard InChI is InChI=1S/C14H24F2O7S/c1-11(7-17)4-12(2,8-18)6-13(3,5-11)9-21-10(19)14(15,16)24-23-22-20/h17-18,20H,4-9H2,1-3H3/p-1. The van der Waals surface area contributed by atoms with Crippen LogP contribution in [0.3, 0.4) is 0 Å². The van der Waals surface area contributed by atoms with Gasteiger partial charge in [-0.25, -0.2) is 4.79 Å². The van der Waals surface area contributed by atoms with Gasteiger partial charge in [0.2, 0.25) is 0 Å². The van der Waals surface area contributed by atoms with Gasteiger partial charge < -0.3 is 20.2 Å². The van der Waals surface area contributed by atoms with Crippen LogP contribution in [0.25, 0.3) is 0 Å². The van der Waals surface area contributed by atoms with Crippen LogP contribution in [0.4, 0.5) is 8.78 Å². The maximum Gasteiger partial charge on any atom is 0.415 e. The Balaban J connectivity index is 2.79. The van der Waals surface area contributed by atoms with Crippen molar-refractivity contribution in [3.63, 3.8) is 0 Å². The molecule has 142 valence electrons. The molecule has 0 radical (unpaired) electrons. The lowest BCUT2D eigenvalue weighted by atomic mass is 9.55. The van der Waals surface area contributed by atoms with Crippen molar-refractivity contribution in [1.29, 1.82) is 0 Å². The van der Waals surface area contributed by atoms with E-state index in [-0.39, 0.29) is 19.8 Å².